The van der Waals surface area contributed by atoms with Crippen molar-refractivity contribution in [3.63, 3.8) is 0 Å². The van der Waals surface area contributed by atoms with Gasteiger partial charge in [0.1, 0.15) is 12.1 Å². The summed E-state index contributed by atoms with van der Waals surface area (Å²) in [6, 6.07) is 3.63. The largest absolute Gasteiger partial charge is 0.445 e. The van der Waals surface area contributed by atoms with Crippen LogP contribution in [-0.2, 0) is 6.67 Å². The van der Waals surface area contributed by atoms with E-state index in [1.165, 1.54) is 12.8 Å². The van der Waals surface area contributed by atoms with Crippen LogP contribution in [0.5, 0.6) is 0 Å². The van der Waals surface area contributed by atoms with E-state index in [0.29, 0.717) is 5.69 Å². The Morgan fingerprint density at radius 3 is 2.91 bits per heavy atom. The standard InChI is InChI=1S/C15H17FN4O2/c1-20(8-10-2-3-10)13-5-4-11(7-17-13)18-15(21)12-9-22-14(6-16)19-12/h4-5,7,9-10H,2-3,6,8H2,1H3,(H,18,21). The smallest absolute Gasteiger partial charge is 0.277 e. The predicted octanol–water partition coefficient (Wildman–Crippen LogP) is 2.64. The lowest BCUT2D eigenvalue weighted by Gasteiger charge is -2.17. The van der Waals surface area contributed by atoms with Gasteiger partial charge in [-0.2, -0.15) is 0 Å². The summed E-state index contributed by atoms with van der Waals surface area (Å²) in [5.74, 6) is 1.08. The van der Waals surface area contributed by atoms with Gasteiger partial charge in [-0.1, -0.05) is 0 Å². The van der Waals surface area contributed by atoms with Gasteiger partial charge in [-0.05, 0) is 30.9 Å². The first-order valence-electron chi connectivity index (χ1n) is 7.14. The molecule has 6 nitrogen and oxygen atoms in total. The summed E-state index contributed by atoms with van der Waals surface area (Å²) in [6.07, 6.45) is 5.30. The molecule has 1 N–H and O–H groups in total. The molecule has 0 saturated heterocycles. The maximum Gasteiger partial charge on any atom is 0.277 e. The third kappa shape index (κ3) is 3.41. The molecule has 2 aromatic rings. The molecule has 0 unspecified atom stereocenters. The summed E-state index contributed by atoms with van der Waals surface area (Å²) < 4.78 is 17.1. The van der Waals surface area contributed by atoms with Crippen molar-refractivity contribution in [1.29, 1.82) is 0 Å². The van der Waals surface area contributed by atoms with Gasteiger partial charge >= 0.3 is 0 Å². The highest BCUT2D eigenvalue weighted by atomic mass is 19.1. The lowest BCUT2D eigenvalue weighted by molar-refractivity contribution is 0.102. The van der Waals surface area contributed by atoms with Gasteiger partial charge in [-0.25, -0.2) is 14.4 Å². The number of carbonyl (C=O) groups excluding carboxylic acids is 1. The topological polar surface area (TPSA) is 71.3 Å². The molecule has 3 rings (SSSR count). The highest BCUT2D eigenvalue weighted by Gasteiger charge is 2.23. The Labute approximate surface area is 127 Å². The molecule has 0 atom stereocenters. The highest BCUT2D eigenvalue weighted by Crippen LogP contribution is 2.30. The van der Waals surface area contributed by atoms with E-state index in [1.54, 1.807) is 12.3 Å². The summed E-state index contributed by atoms with van der Waals surface area (Å²) in [5.41, 5.74) is 0.598. The van der Waals surface area contributed by atoms with Crippen LogP contribution >= 0.6 is 0 Å². The van der Waals surface area contributed by atoms with Gasteiger partial charge in [0.25, 0.3) is 5.91 Å². The molecule has 1 fully saturated rings. The monoisotopic (exact) mass is 304 g/mol. The lowest BCUT2D eigenvalue weighted by Crippen LogP contribution is -2.21. The SMILES string of the molecule is CN(CC1CC1)c1ccc(NC(=O)c2coc(CF)n2)cn1. The van der Waals surface area contributed by atoms with Crippen LogP contribution in [0.25, 0.3) is 0 Å². The molecule has 1 aliphatic rings. The molecule has 1 aliphatic carbocycles. The molecule has 0 bridgehead atoms. The van der Waals surface area contributed by atoms with Crippen molar-refractivity contribution in [2.75, 3.05) is 23.8 Å². The van der Waals surface area contributed by atoms with Gasteiger partial charge in [-0.15, -0.1) is 0 Å². The van der Waals surface area contributed by atoms with Crippen LogP contribution < -0.4 is 10.2 Å². The van der Waals surface area contributed by atoms with Crippen LogP contribution in [-0.4, -0.2) is 29.5 Å². The summed E-state index contributed by atoms with van der Waals surface area (Å²) >= 11 is 0. The van der Waals surface area contributed by atoms with Gasteiger partial charge in [0.2, 0.25) is 5.89 Å². The zero-order valence-corrected chi connectivity index (χ0v) is 12.3. The first kappa shape index (κ1) is 14.5. The van der Waals surface area contributed by atoms with Crippen molar-refractivity contribution < 1.29 is 13.6 Å². The third-order valence-electron chi connectivity index (χ3n) is 3.52. The van der Waals surface area contributed by atoms with E-state index in [9.17, 15) is 9.18 Å². The van der Waals surface area contributed by atoms with E-state index >= 15 is 0 Å². The number of nitrogens with zero attached hydrogens (tertiary/aromatic N) is 3. The Kier molecular flexibility index (Phi) is 4.04. The lowest BCUT2D eigenvalue weighted by atomic mass is 10.3. The van der Waals surface area contributed by atoms with Gasteiger partial charge in [0.05, 0.1) is 11.9 Å². The van der Waals surface area contributed by atoms with Gasteiger partial charge in [0.15, 0.2) is 12.4 Å². The zero-order valence-electron chi connectivity index (χ0n) is 12.3. The molecule has 116 valence electrons. The van der Waals surface area contributed by atoms with Gasteiger partial charge in [0, 0.05) is 13.6 Å². The van der Waals surface area contributed by atoms with E-state index in [4.69, 9.17) is 4.42 Å². The van der Waals surface area contributed by atoms with Crippen molar-refractivity contribution in [2.24, 2.45) is 5.92 Å². The maximum absolute atomic E-state index is 12.3. The zero-order chi connectivity index (χ0) is 15.5. The summed E-state index contributed by atoms with van der Waals surface area (Å²) in [4.78, 5) is 22.1. The fourth-order valence-electron chi connectivity index (χ4n) is 2.14. The molecule has 1 amide bonds. The van der Waals surface area contributed by atoms with Crippen LogP contribution in [0.15, 0.2) is 29.0 Å². The summed E-state index contributed by atoms with van der Waals surface area (Å²) in [7, 11) is 2.01. The van der Waals surface area contributed by atoms with Crippen molar-refractivity contribution >= 4 is 17.4 Å². The number of hydrogen-bond donors (Lipinski definition) is 1. The Balaban J connectivity index is 1.61. The summed E-state index contributed by atoms with van der Waals surface area (Å²) in [5, 5.41) is 2.65. The van der Waals surface area contributed by atoms with Crippen LogP contribution in [0, 0.1) is 5.92 Å². The first-order chi connectivity index (χ1) is 10.7. The average molecular weight is 304 g/mol. The van der Waals surface area contributed by atoms with E-state index in [-0.39, 0.29) is 11.6 Å². The fourth-order valence-corrected chi connectivity index (χ4v) is 2.14. The third-order valence-corrected chi connectivity index (χ3v) is 3.52. The second-order valence-electron chi connectivity index (χ2n) is 5.44. The number of anilines is 2. The predicted molar refractivity (Wildman–Crippen MR) is 79.5 cm³/mol. The number of pyridine rings is 1. The Morgan fingerprint density at radius 1 is 1.50 bits per heavy atom. The molecular formula is C15H17FN4O2. The molecule has 7 heteroatoms. The molecule has 0 spiro atoms. The molecule has 0 radical (unpaired) electrons. The summed E-state index contributed by atoms with van der Waals surface area (Å²) in [6.45, 7) is 0.167. The number of rotatable bonds is 6. The van der Waals surface area contributed by atoms with Crippen LogP contribution in [0.1, 0.15) is 29.2 Å². The molecular weight excluding hydrogens is 287 g/mol. The van der Waals surface area contributed by atoms with E-state index in [2.05, 4.69) is 20.2 Å². The number of oxazole rings is 1. The van der Waals surface area contributed by atoms with Crippen molar-refractivity contribution in [1.82, 2.24) is 9.97 Å². The van der Waals surface area contributed by atoms with Crippen molar-refractivity contribution in [3.05, 3.63) is 36.2 Å². The van der Waals surface area contributed by atoms with Gasteiger partial charge < -0.3 is 14.6 Å². The van der Waals surface area contributed by atoms with Crippen molar-refractivity contribution in [2.45, 2.75) is 19.5 Å². The number of aromatic nitrogens is 2. The second kappa shape index (κ2) is 6.13. The number of halogens is 1. The van der Waals surface area contributed by atoms with Crippen LogP contribution in [0.4, 0.5) is 15.9 Å². The minimum absolute atomic E-state index is 0.0441. The number of nitrogens with one attached hydrogen (secondary N) is 1. The number of alkyl halides is 1. The first-order valence-corrected chi connectivity index (χ1v) is 7.14. The molecule has 2 heterocycles. The van der Waals surface area contributed by atoms with Gasteiger partial charge in [-0.3, -0.25) is 4.79 Å². The number of hydrogen-bond acceptors (Lipinski definition) is 5. The molecule has 0 aliphatic heterocycles. The highest BCUT2D eigenvalue weighted by molar-refractivity contribution is 6.02. The van der Waals surface area contributed by atoms with E-state index < -0.39 is 12.6 Å². The minimum atomic E-state index is -0.836. The fraction of sp³-hybridized carbons (Fsp3) is 0.400. The Bertz CT molecular complexity index is 652. The Hall–Kier alpha value is -2.44. The normalized spacial score (nSPS) is 13.9. The quantitative estimate of drug-likeness (QED) is 0.888. The van der Waals surface area contributed by atoms with Crippen molar-refractivity contribution in [3.8, 4) is 0 Å². The van der Waals surface area contributed by atoms with Crippen LogP contribution in [0.3, 0.4) is 0 Å². The van der Waals surface area contributed by atoms with E-state index in [0.717, 1.165) is 24.5 Å². The number of carbonyl (C=O) groups is 1. The van der Waals surface area contributed by atoms with Crippen LogP contribution in [0.2, 0.25) is 0 Å². The molecule has 0 aromatic carbocycles. The van der Waals surface area contributed by atoms with E-state index in [1.807, 2.05) is 13.1 Å². The molecule has 2 aromatic heterocycles. The molecule has 22 heavy (non-hydrogen) atoms. The average Bonchev–Trinajstić information content (AvgIpc) is 3.20. The Morgan fingerprint density at radius 2 is 2.32 bits per heavy atom. The molecule has 1 saturated carbocycles. The maximum atomic E-state index is 12.3. The second-order valence-corrected chi connectivity index (χ2v) is 5.44. The number of amides is 1. The minimum Gasteiger partial charge on any atom is -0.445 e.